The van der Waals surface area contributed by atoms with Crippen molar-refractivity contribution in [3.05, 3.63) is 0 Å². The number of nitrogens with one attached hydrogen (secondary N) is 2. The SMILES string of the molecule is CCCCNC(=O)CNCC1CCSCC1. The van der Waals surface area contributed by atoms with Crippen LogP contribution in [0, 0.1) is 5.92 Å². The summed E-state index contributed by atoms with van der Waals surface area (Å²) in [6, 6.07) is 0. The number of carbonyl (C=O) groups excluding carboxylic acids is 1. The van der Waals surface area contributed by atoms with Gasteiger partial charge in [0.15, 0.2) is 0 Å². The molecule has 0 aromatic heterocycles. The molecule has 0 aliphatic carbocycles. The fourth-order valence-electron chi connectivity index (χ4n) is 1.81. The van der Waals surface area contributed by atoms with Gasteiger partial charge in [0.25, 0.3) is 0 Å². The highest BCUT2D eigenvalue weighted by Gasteiger charge is 2.13. The minimum absolute atomic E-state index is 0.138. The fourth-order valence-corrected chi connectivity index (χ4v) is 3.01. The maximum absolute atomic E-state index is 11.4. The first-order chi connectivity index (χ1) is 7.83. The molecule has 0 spiro atoms. The molecule has 0 atom stereocenters. The van der Waals surface area contributed by atoms with Crippen molar-refractivity contribution in [2.24, 2.45) is 5.92 Å². The van der Waals surface area contributed by atoms with Gasteiger partial charge in [-0.05, 0) is 43.2 Å². The summed E-state index contributed by atoms with van der Waals surface area (Å²) in [5.74, 6) is 3.49. The maximum Gasteiger partial charge on any atom is 0.233 e. The van der Waals surface area contributed by atoms with Gasteiger partial charge in [-0.15, -0.1) is 0 Å². The Kier molecular flexibility index (Phi) is 7.68. The molecule has 0 bridgehead atoms. The lowest BCUT2D eigenvalue weighted by Gasteiger charge is -2.21. The molecule has 16 heavy (non-hydrogen) atoms. The molecule has 1 amide bonds. The molecule has 1 saturated heterocycles. The van der Waals surface area contributed by atoms with E-state index in [1.807, 2.05) is 11.8 Å². The molecule has 0 radical (unpaired) electrons. The van der Waals surface area contributed by atoms with Gasteiger partial charge in [0.2, 0.25) is 5.91 Å². The minimum Gasteiger partial charge on any atom is -0.355 e. The third-order valence-corrected chi connectivity index (χ3v) is 3.96. The standard InChI is InChI=1S/C12H24N2OS/c1-2-3-6-14-12(15)10-13-9-11-4-7-16-8-5-11/h11,13H,2-10H2,1H3,(H,14,15). The van der Waals surface area contributed by atoms with Crippen LogP contribution in [0.25, 0.3) is 0 Å². The van der Waals surface area contributed by atoms with E-state index < -0.39 is 0 Å². The van der Waals surface area contributed by atoms with Crippen LogP contribution in [0.4, 0.5) is 0 Å². The molecule has 3 nitrogen and oxygen atoms in total. The Labute approximate surface area is 103 Å². The number of thioether (sulfide) groups is 1. The van der Waals surface area contributed by atoms with Gasteiger partial charge in [0, 0.05) is 6.54 Å². The smallest absolute Gasteiger partial charge is 0.233 e. The first-order valence-electron chi connectivity index (χ1n) is 6.38. The van der Waals surface area contributed by atoms with E-state index in [1.54, 1.807) is 0 Å². The zero-order valence-electron chi connectivity index (χ0n) is 10.3. The zero-order valence-corrected chi connectivity index (χ0v) is 11.1. The average Bonchev–Trinajstić information content (AvgIpc) is 2.31. The van der Waals surface area contributed by atoms with E-state index in [0.717, 1.165) is 31.8 Å². The first kappa shape index (κ1) is 13.8. The van der Waals surface area contributed by atoms with E-state index >= 15 is 0 Å². The predicted octanol–water partition coefficient (Wildman–Crippen LogP) is 1.64. The molecule has 1 heterocycles. The lowest BCUT2D eigenvalue weighted by molar-refractivity contribution is -0.120. The van der Waals surface area contributed by atoms with E-state index in [0.29, 0.717) is 6.54 Å². The second-order valence-electron chi connectivity index (χ2n) is 4.39. The maximum atomic E-state index is 11.4. The van der Waals surface area contributed by atoms with Crippen LogP contribution in [-0.4, -0.2) is 37.0 Å². The third-order valence-electron chi connectivity index (χ3n) is 2.91. The average molecular weight is 244 g/mol. The number of rotatable bonds is 7. The van der Waals surface area contributed by atoms with Gasteiger partial charge in [0.1, 0.15) is 0 Å². The Morgan fingerprint density at radius 1 is 1.38 bits per heavy atom. The summed E-state index contributed by atoms with van der Waals surface area (Å²) in [5.41, 5.74) is 0. The van der Waals surface area contributed by atoms with Crippen LogP contribution in [0.3, 0.4) is 0 Å². The molecule has 2 N–H and O–H groups in total. The first-order valence-corrected chi connectivity index (χ1v) is 7.53. The van der Waals surface area contributed by atoms with Crippen molar-refractivity contribution < 1.29 is 4.79 Å². The van der Waals surface area contributed by atoms with Crippen LogP contribution >= 0.6 is 11.8 Å². The molecule has 0 aromatic rings. The third kappa shape index (κ3) is 6.38. The summed E-state index contributed by atoms with van der Waals surface area (Å²) in [5, 5.41) is 6.18. The number of hydrogen-bond donors (Lipinski definition) is 2. The fraction of sp³-hybridized carbons (Fsp3) is 0.917. The molecule has 0 aromatic carbocycles. The van der Waals surface area contributed by atoms with Crippen molar-refractivity contribution in [2.75, 3.05) is 31.1 Å². The highest BCUT2D eigenvalue weighted by molar-refractivity contribution is 7.99. The number of carbonyl (C=O) groups is 1. The molecular weight excluding hydrogens is 220 g/mol. The molecule has 0 unspecified atom stereocenters. The van der Waals surface area contributed by atoms with Crippen molar-refractivity contribution in [2.45, 2.75) is 32.6 Å². The summed E-state index contributed by atoms with van der Waals surface area (Å²) < 4.78 is 0. The summed E-state index contributed by atoms with van der Waals surface area (Å²) in [6.45, 7) is 4.43. The molecule has 1 aliphatic heterocycles. The van der Waals surface area contributed by atoms with E-state index in [1.165, 1.54) is 24.3 Å². The second-order valence-corrected chi connectivity index (χ2v) is 5.61. The number of unbranched alkanes of at least 4 members (excludes halogenated alkanes) is 1. The van der Waals surface area contributed by atoms with Crippen LogP contribution in [0.1, 0.15) is 32.6 Å². The van der Waals surface area contributed by atoms with Gasteiger partial charge in [0.05, 0.1) is 6.54 Å². The highest BCUT2D eigenvalue weighted by atomic mass is 32.2. The minimum atomic E-state index is 0.138. The molecule has 1 aliphatic rings. The summed E-state index contributed by atoms with van der Waals surface area (Å²) >= 11 is 2.04. The second kappa shape index (κ2) is 8.88. The Morgan fingerprint density at radius 3 is 2.81 bits per heavy atom. The van der Waals surface area contributed by atoms with E-state index in [-0.39, 0.29) is 5.91 Å². The van der Waals surface area contributed by atoms with Crippen molar-refractivity contribution in [3.8, 4) is 0 Å². The van der Waals surface area contributed by atoms with Crippen LogP contribution in [0.15, 0.2) is 0 Å². The molecular formula is C12H24N2OS. The summed E-state index contributed by atoms with van der Waals surface area (Å²) in [4.78, 5) is 11.4. The molecule has 0 saturated carbocycles. The largest absolute Gasteiger partial charge is 0.355 e. The lowest BCUT2D eigenvalue weighted by atomic mass is 10.0. The van der Waals surface area contributed by atoms with Crippen LogP contribution in [-0.2, 0) is 4.79 Å². The molecule has 1 rings (SSSR count). The normalized spacial score (nSPS) is 17.3. The van der Waals surface area contributed by atoms with E-state index in [2.05, 4.69) is 17.6 Å². The van der Waals surface area contributed by atoms with Gasteiger partial charge in [-0.25, -0.2) is 0 Å². The van der Waals surface area contributed by atoms with Gasteiger partial charge in [-0.3, -0.25) is 4.79 Å². The lowest BCUT2D eigenvalue weighted by Crippen LogP contribution is -2.37. The molecule has 1 fully saturated rings. The molecule has 94 valence electrons. The van der Waals surface area contributed by atoms with E-state index in [9.17, 15) is 4.79 Å². The van der Waals surface area contributed by atoms with Gasteiger partial charge in [-0.1, -0.05) is 13.3 Å². The van der Waals surface area contributed by atoms with Gasteiger partial charge < -0.3 is 10.6 Å². The van der Waals surface area contributed by atoms with Crippen LogP contribution in [0.5, 0.6) is 0 Å². The quantitative estimate of drug-likeness (QED) is 0.669. The molecule has 4 heteroatoms. The summed E-state index contributed by atoms with van der Waals surface area (Å²) in [7, 11) is 0. The van der Waals surface area contributed by atoms with Crippen LogP contribution < -0.4 is 10.6 Å². The van der Waals surface area contributed by atoms with Gasteiger partial charge in [-0.2, -0.15) is 11.8 Å². The predicted molar refractivity (Wildman–Crippen MR) is 70.8 cm³/mol. The number of amides is 1. The van der Waals surface area contributed by atoms with Crippen molar-refractivity contribution in [1.82, 2.24) is 10.6 Å². The topological polar surface area (TPSA) is 41.1 Å². The van der Waals surface area contributed by atoms with Crippen molar-refractivity contribution in [1.29, 1.82) is 0 Å². The van der Waals surface area contributed by atoms with Crippen molar-refractivity contribution >= 4 is 17.7 Å². The number of hydrogen-bond acceptors (Lipinski definition) is 3. The monoisotopic (exact) mass is 244 g/mol. The highest BCUT2D eigenvalue weighted by Crippen LogP contribution is 2.21. The Balaban J connectivity index is 1.94. The Hall–Kier alpha value is -0.220. The van der Waals surface area contributed by atoms with Crippen molar-refractivity contribution in [3.63, 3.8) is 0 Å². The zero-order chi connectivity index (χ0) is 11.6. The van der Waals surface area contributed by atoms with Gasteiger partial charge >= 0.3 is 0 Å². The van der Waals surface area contributed by atoms with Crippen LogP contribution in [0.2, 0.25) is 0 Å². The summed E-state index contributed by atoms with van der Waals surface area (Å²) in [6.07, 6.45) is 4.81. The Morgan fingerprint density at radius 2 is 2.12 bits per heavy atom. The van der Waals surface area contributed by atoms with E-state index in [4.69, 9.17) is 0 Å². The Bertz CT molecular complexity index is 193.